The second-order valence-electron chi connectivity index (χ2n) is 4.32. The number of allylic oxidation sites excluding steroid dienone is 2. The van der Waals surface area contributed by atoms with E-state index in [9.17, 15) is 0 Å². The normalized spacial score (nSPS) is 10.2. The zero-order valence-corrected chi connectivity index (χ0v) is 15.2. The van der Waals surface area contributed by atoms with Crippen LogP contribution in [-0.2, 0) is 4.74 Å². The lowest BCUT2D eigenvalue weighted by Crippen LogP contribution is -1.82. The van der Waals surface area contributed by atoms with Crippen molar-refractivity contribution >= 4 is 11.3 Å². The average Bonchev–Trinajstić information content (AvgIpc) is 3.56. The fourth-order valence-corrected chi connectivity index (χ4v) is 1.75. The predicted molar refractivity (Wildman–Crippen MR) is 107 cm³/mol. The van der Waals surface area contributed by atoms with Crippen LogP contribution in [0.15, 0.2) is 120 Å². The number of rotatable bonds is 0. The molecule has 1 aliphatic rings. The first-order valence-electron chi connectivity index (χ1n) is 7.88. The molecule has 0 radical (unpaired) electrons. The van der Waals surface area contributed by atoms with E-state index in [1.54, 1.807) is 48.8 Å². The summed E-state index contributed by atoms with van der Waals surface area (Å²) in [5.74, 6) is 0. The number of aromatic nitrogens is 3. The Morgan fingerprint density at radius 3 is 1.77 bits per heavy atom. The molecule has 0 aliphatic carbocycles. The van der Waals surface area contributed by atoms with Crippen LogP contribution in [0.25, 0.3) is 0 Å². The molecule has 1 aliphatic heterocycles. The van der Waals surface area contributed by atoms with Gasteiger partial charge in [-0.3, -0.25) is 0 Å². The maximum absolute atomic E-state index is 4.80. The number of ether oxygens (including phenoxy) is 1. The van der Waals surface area contributed by atoms with E-state index in [0.717, 1.165) is 6.61 Å². The molecule has 5 rings (SSSR count). The van der Waals surface area contributed by atoms with Gasteiger partial charge >= 0.3 is 0 Å². The summed E-state index contributed by atoms with van der Waals surface area (Å²) >= 11 is 1.71. The summed E-state index contributed by atoms with van der Waals surface area (Å²) in [5.41, 5.74) is 0. The molecule has 4 aromatic rings. The summed E-state index contributed by atoms with van der Waals surface area (Å²) in [6, 6.07) is 11.6. The molecule has 0 saturated carbocycles. The predicted octanol–water partition coefficient (Wildman–Crippen LogP) is 5.54. The van der Waals surface area contributed by atoms with Gasteiger partial charge in [-0.25, -0.2) is 4.98 Å². The van der Waals surface area contributed by atoms with Gasteiger partial charge in [0.2, 0.25) is 0 Å². The highest BCUT2D eigenvalue weighted by Crippen LogP contribution is 1.91. The van der Waals surface area contributed by atoms with Crippen LogP contribution in [0.3, 0.4) is 0 Å². The zero-order valence-electron chi connectivity index (χ0n) is 14.3. The highest BCUT2D eigenvalue weighted by atomic mass is 32.1. The van der Waals surface area contributed by atoms with Crippen LogP contribution in [0.5, 0.6) is 0 Å². The molecular formula is C20H23N3O2S. The monoisotopic (exact) mass is 369 g/mol. The van der Waals surface area contributed by atoms with Crippen molar-refractivity contribution in [1.29, 1.82) is 0 Å². The van der Waals surface area contributed by atoms with Crippen molar-refractivity contribution < 1.29 is 9.15 Å². The Morgan fingerprint density at radius 2 is 1.58 bits per heavy atom. The smallest absolute Gasteiger partial charge is 0.106 e. The standard InChI is InChI=1S/C5H6O.C4H5N.C4H4O.C4H4S.C3H4N2/c1-2-4-6-5-3-1;3*1-2-4-5-3-1;1-2-5-3-4-1/h1-4H,5H2;1-5H;2*1-4H;1-3H,(H,4,5). The van der Waals surface area contributed by atoms with Crippen LogP contribution < -0.4 is 0 Å². The van der Waals surface area contributed by atoms with Crippen molar-refractivity contribution in [3.05, 3.63) is 115 Å². The summed E-state index contributed by atoms with van der Waals surface area (Å²) < 4.78 is 9.39. The summed E-state index contributed by atoms with van der Waals surface area (Å²) in [4.78, 5) is 9.28. The van der Waals surface area contributed by atoms with Gasteiger partial charge in [0.15, 0.2) is 0 Å². The number of H-pyrrole nitrogens is 2. The number of thiophene rings is 1. The largest absolute Gasteiger partial charge is 0.497 e. The van der Waals surface area contributed by atoms with Gasteiger partial charge in [0, 0.05) is 24.8 Å². The third-order valence-electron chi connectivity index (χ3n) is 2.37. The highest BCUT2D eigenvalue weighted by Gasteiger charge is 1.75. The Hall–Kier alpha value is -3.25. The molecular weight excluding hydrogens is 346 g/mol. The molecule has 0 fully saturated rings. The quantitative estimate of drug-likeness (QED) is 0.428. The molecule has 136 valence electrons. The molecule has 0 unspecified atom stereocenters. The molecule has 2 N–H and O–H groups in total. The van der Waals surface area contributed by atoms with Crippen LogP contribution in [0.1, 0.15) is 0 Å². The Kier molecular flexibility index (Phi) is 14.5. The van der Waals surface area contributed by atoms with Gasteiger partial charge in [-0.2, -0.15) is 11.3 Å². The van der Waals surface area contributed by atoms with Gasteiger partial charge in [0.25, 0.3) is 0 Å². The average molecular weight is 369 g/mol. The molecule has 6 heteroatoms. The van der Waals surface area contributed by atoms with Crippen LogP contribution in [0.4, 0.5) is 0 Å². The molecule has 0 amide bonds. The first kappa shape index (κ1) is 20.8. The van der Waals surface area contributed by atoms with Crippen molar-refractivity contribution in [2.75, 3.05) is 6.61 Å². The van der Waals surface area contributed by atoms with Crippen molar-refractivity contribution in [3.63, 3.8) is 0 Å². The number of nitrogens with one attached hydrogen (secondary N) is 2. The van der Waals surface area contributed by atoms with E-state index < -0.39 is 0 Å². The minimum Gasteiger partial charge on any atom is -0.497 e. The summed E-state index contributed by atoms with van der Waals surface area (Å²) in [7, 11) is 0. The van der Waals surface area contributed by atoms with Crippen molar-refractivity contribution in [2.24, 2.45) is 0 Å². The number of imidazole rings is 1. The molecule has 4 aromatic heterocycles. The Morgan fingerprint density at radius 1 is 0.808 bits per heavy atom. The van der Waals surface area contributed by atoms with E-state index in [4.69, 9.17) is 4.74 Å². The number of hydrogen-bond acceptors (Lipinski definition) is 4. The lowest BCUT2D eigenvalue weighted by Gasteiger charge is -1.94. The van der Waals surface area contributed by atoms with Crippen molar-refractivity contribution in [2.45, 2.75) is 0 Å². The summed E-state index contributed by atoms with van der Waals surface area (Å²) in [6.07, 6.45) is 19.5. The van der Waals surface area contributed by atoms with Gasteiger partial charge in [-0.05, 0) is 47.2 Å². The van der Waals surface area contributed by atoms with E-state index in [1.807, 2.05) is 77.8 Å². The zero-order chi connectivity index (χ0) is 18.4. The van der Waals surface area contributed by atoms with Gasteiger partial charge in [0.05, 0.1) is 25.1 Å². The van der Waals surface area contributed by atoms with E-state index in [-0.39, 0.29) is 0 Å². The Bertz CT molecular complexity index is 516. The maximum atomic E-state index is 4.80. The first-order valence-corrected chi connectivity index (χ1v) is 8.82. The van der Waals surface area contributed by atoms with E-state index in [0.29, 0.717) is 0 Å². The second-order valence-corrected chi connectivity index (χ2v) is 5.14. The molecule has 0 aromatic carbocycles. The molecule has 0 atom stereocenters. The maximum Gasteiger partial charge on any atom is 0.106 e. The topological polar surface area (TPSA) is 66.8 Å². The minimum absolute atomic E-state index is 0.733. The van der Waals surface area contributed by atoms with E-state index in [1.165, 1.54) is 0 Å². The SMILES string of the molecule is C1=CCOC=C1.c1c[nH]cn1.c1cc[nH]c1.c1ccoc1.c1ccsc1. The van der Waals surface area contributed by atoms with Crippen molar-refractivity contribution in [3.8, 4) is 0 Å². The lowest BCUT2D eigenvalue weighted by atomic mass is 10.5. The Labute approximate surface area is 157 Å². The van der Waals surface area contributed by atoms with Crippen molar-refractivity contribution in [1.82, 2.24) is 15.0 Å². The molecule has 0 saturated heterocycles. The van der Waals surface area contributed by atoms with Crippen LogP contribution in [0.2, 0.25) is 0 Å². The second kappa shape index (κ2) is 18.1. The third kappa shape index (κ3) is 15.6. The summed E-state index contributed by atoms with van der Waals surface area (Å²) in [5, 5.41) is 4.08. The van der Waals surface area contributed by atoms with Gasteiger partial charge in [-0.15, -0.1) is 0 Å². The van der Waals surface area contributed by atoms with Gasteiger partial charge < -0.3 is 19.1 Å². The minimum atomic E-state index is 0.733. The fraction of sp³-hybridized carbons (Fsp3) is 0.0500. The number of nitrogens with zero attached hydrogens (tertiary/aromatic N) is 1. The number of hydrogen-bond donors (Lipinski definition) is 2. The number of aromatic amines is 2. The third-order valence-corrected chi connectivity index (χ3v) is 3.00. The summed E-state index contributed by atoms with van der Waals surface area (Å²) in [6.45, 7) is 0.733. The molecule has 0 bridgehead atoms. The lowest BCUT2D eigenvalue weighted by molar-refractivity contribution is 0.286. The molecule has 0 spiro atoms. The van der Waals surface area contributed by atoms with E-state index in [2.05, 4.69) is 19.4 Å². The number of furan rings is 1. The highest BCUT2D eigenvalue weighted by molar-refractivity contribution is 7.07. The molecule has 26 heavy (non-hydrogen) atoms. The Balaban J connectivity index is 0.000000163. The van der Waals surface area contributed by atoms with E-state index >= 15 is 0 Å². The molecule has 5 nitrogen and oxygen atoms in total. The van der Waals surface area contributed by atoms with Gasteiger partial charge in [-0.1, -0.05) is 18.2 Å². The van der Waals surface area contributed by atoms with Crippen LogP contribution in [-0.4, -0.2) is 21.6 Å². The molecule has 5 heterocycles. The van der Waals surface area contributed by atoms with Gasteiger partial charge in [0.1, 0.15) is 6.61 Å². The fourth-order valence-electron chi connectivity index (χ4n) is 1.29. The van der Waals surface area contributed by atoms with Crippen LogP contribution in [0, 0.1) is 0 Å². The first-order chi connectivity index (χ1) is 13.0. The van der Waals surface area contributed by atoms with Crippen LogP contribution >= 0.6 is 11.3 Å².